The van der Waals surface area contributed by atoms with Gasteiger partial charge in [0, 0.05) is 10.2 Å². The molecule has 0 amide bonds. The SMILES string of the molecule is CC(=Nc1ccc(Br)cc1)c1ccc(F)cc1. The number of benzene rings is 2. The molecule has 0 aliphatic heterocycles. The van der Waals surface area contributed by atoms with E-state index in [1.54, 1.807) is 12.1 Å². The lowest BCUT2D eigenvalue weighted by molar-refractivity contribution is 0.628. The van der Waals surface area contributed by atoms with Crippen LogP contribution in [0.15, 0.2) is 58.0 Å². The molecule has 0 aliphatic rings. The molecule has 2 aromatic rings. The maximum absolute atomic E-state index is 12.8. The molecular formula is C14H11BrFN. The molecular weight excluding hydrogens is 281 g/mol. The van der Waals surface area contributed by atoms with Crippen molar-refractivity contribution in [2.24, 2.45) is 4.99 Å². The second kappa shape index (κ2) is 5.23. The van der Waals surface area contributed by atoms with E-state index in [2.05, 4.69) is 20.9 Å². The van der Waals surface area contributed by atoms with Crippen LogP contribution in [0.4, 0.5) is 10.1 Å². The quantitative estimate of drug-likeness (QED) is 0.710. The Hall–Kier alpha value is -1.48. The molecule has 0 saturated heterocycles. The summed E-state index contributed by atoms with van der Waals surface area (Å²) in [4.78, 5) is 4.47. The summed E-state index contributed by atoms with van der Waals surface area (Å²) in [5, 5.41) is 0. The van der Waals surface area contributed by atoms with E-state index >= 15 is 0 Å². The molecule has 0 N–H and O–H groups in total. The molecule has 1 nitrogen and oxygen atoms in total. The molecule has 0 atom stereocenters. The highest BCUT2D eigenvalue weighted by Crippen LogP contribution is 2.18. The molecule has 17 heavy (non-hydrogen) atoms. The molecule has 0 unspecified atom stereocenters. The number of rotatable bonds is 2. The van der Waals surface area contributed by atoms with Crippen molar-refractivity contribution in [1.29, 1.82) is 0 Å². The highest BCUT2D eigenvalue weighted by Gasteiger charge is 1.98. The normalized spacial score (nSPS) is 11.6. The minimum absolute atomic E-state index is 0.231. The number of hydrogen-bond acceptors (Lipinski definition) is 1. The lowest BCUT2D eigenvalue weighted by atomic mass is 10.1. The lowest BCUT2D eigenvalue weighted by Crippen LogP contribution is -1.93. The lowest BCUT2D eigenvalue weighted by Gasteiger charge is -2.01. The molecule has 3 heteroatoms. The smallest absolute Gasteiger partial charge is 0.123 e. The van der Waals surface area contributed by atoms with Gasteiger partial charge in [0.2, 0.25) is 0 Å². The highest BCUT2D eigenvalue weighted by atomic mass is 79.9. The van der Waals surface area contributed by atoms with Crippen molar-refractivity contribution in [2.75, 3.05) is 0 Å². The fourth-order valence-corrected chi connectivity index (χ4v) is 1.73. The largest absolute Gasteiger partial charge is 0.253 e. The van der Waals surface area contributed by atoms with Crippen molar-refractivity contribution in [1.82, 2.24) is 0 Å². The Morgan fingerprint density at radius 3 is 2.18 bits per heavy atom. The van der Waals surface area contributed by atoms with Crippen LogP contribution in [-0.4, -0.2) is 5.71 Å². The first-order chi connectivity index (χ1) is 8.15. The van der Waals surface area contributed by atoms with Crippen LogP contribution in [0.3, 0.4) is 0 Å². The molecule has 0 heterocycles. The van der Waals surface area contributed by atoms with E-state index in [-0.39, 0.29) is 5.82 Å². The third-order valence-electron chi connectivity index (χ3n) is 2.39. The van der Waals surface area contributed by atoms with E-state index in [4.69, 9.17) is 0 Å². The minimum atomic E-state index is -0.231. The van der Waals surface area contributed by atoms with Gasteiger partial charge < -0.3 is 0 Å². The van der Waals surface area contributed by atoms with Crippen LogP contribution in [0.1, 0.15) is 12.5 Å². The average molecular weight is 292 g/mol. The third-order valence-corrected chi connectivity index (χ3v) is 2.91. The number of halogens is 2. The maximum atomic E-state index is 12.8. The molecule has 0 fully saturated rings. The first kappa shape index (κ1) is 12.0. The second-order valence-electron chi connectivity index (χ2n) is 3.68. The minimum Gasteiger partial charge on any atom is -0.253 e. The Morgan fingerprint density at radius 2 is 1.59 bits per heavy atom. The molecule has 0 aliphatic carbocycles. The summed E-state index contributed by atoms with van der Waals surface area (Å²) in [6, 6.07) is 14.1. The van der Waals surface area contributed by atoms with Gasteiger partial charge >= 0.3 is 0 Å². The van der Waals surface area contributed by atoms with E-state index in [9.17, 15) is 4.39 Å². The zero-order chi connectivity index (χ0) is 12.3. The van der Waals surface area contributed by atoms with Crippen molar-refractivity contribution in [3.05, 3.63) is 64.4 Å². The van der Waals surface area contributed by atoms with Crippen molar-refractivity contribution in [3.8, 4) is 0 Å². The summed E-state index contributed by atoms with van der Waals surface area (Å²) in [6.07, 6.45) is 0. The van der Waals surface area contributed by atoms with Gasteiger partial charge in [-0.1, -0.05) is 28.1 Å². The summed E-state index contributed by atoms with van der Waals surface area (Å²) in [7, 11) is 0. The van der Waals surface area contributed by atoms with Crippen LogP contribution >= 0.6 is 15.9 Å². The molecule has 0 bridgehead atoms. The van der Waals surface area contributed by atoms with Crippen molar-refractivity contribution < 1.29 is 4.39 Å². The molecule has 0 aromatic heterocycles. The molecule has 0 radical (unpaired) electrons. The zero-order valence-corrected chi connectivity index (χ0v) is 10.9. The van der Waals surface area contributed by atoms with Crippen LogP contribution in [0.2, 0.25) is 0 Å². The number of aliphatic imine (C=N–C) groups is 1. The highest BCUT2D eigenvalue weighted by molar-refractivity contribution is 9.10. The predicted octanol–water partition coefficient (Wildman–Crippen LogP) is 4.73. The van der Waals surface area contributed by atoms with Crippen molar-refractivity contribution in [3.63, 3.8) is 0 Å². The third kappa shape index (κ3) is 3.24. The van der Waals surface area contributed by atoms with Crippen LogP contribution in [0.5, 0.6) is 0 Å². The van der Waals surface area contributed by atoms with Gasteiger partial charge in [-0.2, -0.15) is 0 Å². The van der Waals surface area contributed by atoms with Crippen LogP contribution in [0, 0.1) is 5.82 Å². The summed E-state index contributed by atoms with van der Waals surface area (Å²) < 4.78 is 13.8. The zero-order valence-electron chi connectivity index (χ0n) is 9.32. The maximum Gasteiger partial charge on any atom is 0.123 e. The first-order valence-corrected chi connectivity index (χ1v) is 6.01. The number of hydrogen-bond donors (Lipinski definition) is 0. The average Bonchev–Trinajstić information content (AvgIpc) is 2.33. The Morgan fingerprint density at radius 1 is 1.00 bits per heavy atom. The van der Waals surface area contributed by atoms with Gasteiger partial charge in [-0.05, 0) is 48.9 Å². The molecule has 86 valence electrons. The van der Waals surface area contributed by atoms with Gasteiger partial charge in [0.15, 0.2) is 0 Å². The van der Waals surface area contributed by atoms with Gasteiger partial charge in [0.1, 0.15) is 5.82 Å². The van der Waals surface area contributed by atoms with Crippen LogP contribution < -0.4 is 0 Å². The standard InChI is InChI=1S/C14H11BrFN/c1-10(11-2-6-13(16)7-3-11)17-14-8-4-12(15)5-9-14/h2-9H,1H3. The Bertz CT molecular complexity index is 529. The van der Waals surface area contributed by atoms with Crippen LogP contribution in [-0.2, 0) is 0 Å². The van der Waals surface area contributed by atoms with Gasteiger partial charge in [-0.3, -0.25) is 4.99 Å². The monoisotopic (exact) mass is 291 g/mol. The van der Waals surface area contributed by atoms with Gasteiger partial charge in [0.05, 0.1) is 5.69 Å². The van der Waals surface area contributed by atoms with E-state index in [1.807, 2.05) is 31.2 Å². The summed E-state index contributed by atoms with van der Waals surface area (Å²) in [5.74, 6) is -0.231. The Labute approximate surface area is 108 Å². The van der Waals surface area contributed by atoms with Crippen molar-refractivity contribution in [2.45, 2.75) is 6.92 Å². The van der Waals surface area contributed by atoms with E-state index in [0.717, 1.165) is 21.4 Å². The molecule has 0 saturated carbocycles. The Kier molecular flexibility index (Phi) is 3.69. The molecule has 0 spiro atoms. The summed E-state index contributed by atoms with van der Waals surface area (Å²) in [6.45, 7) is 1.91. The van der Waals surface area contributed by atoms with Gasteiger partial charge in [-0.15, -0.1) is 0 Å². The molecule has 2 aromatic carbocycles. The van der Waals surface area contributed by atoms with E-state index < -0.39 is 0 Å². The fraction of sp³-hybridized carbons (Fsp3) is 0.0714. The summed E-state index contributed by atoms with van der Waals surface area (Å²) in [5.41, 5.74) is 2.68. The number of nitrogens with zero attached hydrogens (tertiary/aromatic N) is 1. The summed E-state index contributed by atoms with van der Waals surface area (Å²) >= 11 is 3.37. The van der Waals surface area contributed by atoms with Gasteiger partial charge in [0.25, 0.3) is 0 Å². The second-order valence-corrected chi connectivity index (χ2v) is 4.60. The first-order valence-electron chi connectivity index (χ1n) is 5.22. The fourth-order valence-electron chi connectivity index (χ4n) is 1.46. The topological polar surface area (TPSA) is 12.4 Å². The van der Waals surface area contributed by atoms with E-state index in [0.29, 0.717) is 0 Å². The van der Waals surface area contributed by atoms with Gasteiger partial charge in [-0.25, -0.2) is 4.39 Å². The van der Waals surface area contributed by atoms with Crippen molar-refractivity contribution >= 4 is 27.3 Å². The Balaban J connectivity index is 2.27. The van der Waals surface area contributed by atoms with Crippen LogP contribution in [0.25, 0.3) is 0 Å². The predicted molar refractivity (Wildman–Crippen MR) is 72.4 cm³/mol. The molecule has 2 rings (SSSR count). The van der Waals surface area contributed by atoms with E-state index in [1.165, 1.54) is 12.1 Å².